The first-order valence-electron chi connectivity index (χ1n) is 20.5. The summed E-state index contributed by atoms with van der Waals surface area (Å²) in [4.78, 5) is 15.0. The Kier molecular flexibility index (Phi) is 13.5. The van der Waals surface area contributed by atoms with E-state index in [1.165, 1.54) is 30.3 Å². The van der Waals surface area contributed by atoms with Gasteiger partial charge in [0.05, 0.1) is 27.2 Å². The van der Waals surface area contributed by atoms with Crippen molar-refractivity contribution in [1.29, 1.82) is 0 Å². The number of aliphatic carboxylic acids is 1. The van der Waals surface area contributed by atoms with Crippen LogP contribution >= 0.6 is 0 Å². The Bertz CT molecular complexity index is 2640. The zero-order chi connectivity index (χ0) is 46.5. The third-order valence-electron chi connectivity index (χ3n) is 12.4. The molecule has 1 saturated heterocycles. The molecular formula is C42H53N3O14S4. The summed E-state index contributed by atoms with van der Waals surface area (Å²) in [6.07, 6.45) is 10.5. The van der Waals surface area contributed by atoms with Crippen molar-refractivity contribution in [1.82, 2.24) is 0 Å². The molecule has 3 aliphatic heterocycles. The molecule has 0 radical (unpaired) electrons. The van der Waals surface area contributed by atoms with E-state index in [-0.39, 0.29) is 30.8 Å². The Hall–Kier alpha value is -4.22. The maximum absolute atomic E-state index is 12.2. The molecule has 2 aromatic rings. The van der Waals surface area contributed by atoms with Crippen LogP contribution in [0, 0.1) is 5.92 Å². The SMILES string of the molecule is CC1(C)C(=CC=C2CCC/C(=C\C=C3/N(CCCS(=O)(=O)O)c4ccc(S(=O)(=O)O)cc4C3(C)C)C2=[N+]2CCC(C(=O)O)CC2)N(CCCS(=O)(=O)O)c2ccc(S(=O)(=O)[O-])cc21. The van der Waals surface area contributed by atoms with Crippen molar-refractivity contribution in [2.45, 2.75) is 93.3 Å². The van der Waals surface area contributed by atoms with Crippen LogP contribution in [0.15, 0.2) is 93.0 Å². The minimum Gasteiger partial charge on any atom is -0.744 e. The van der Waals surface area contributed by atoms with E-state index < -0.39 is 79.6 Å². The van der Waals surface area contributed by atoms with Crippen molar-refractivity contribution in [2.24, 2.45) is 5.92 Å². The molecule has 0 aromatic heterocycles. The molecule has 63 heavy (non-hydrogen) atoms. The van der Waals surface area contributed by atoms with Crippen LogP contribution < -0.4 is 9.80 Å². The number of allylic oxidation sites excluding steroid dienone is 8. The molecule has 2 aromatic carbocycles. The molecule has 21 heteroatoms. The van der Waals surface area contributed by atoms with E-state index >= 15 is 0 Å². The summed E-state index contributed by atoms with van der Waals surface area (Å²) in [6, 6.07) is 8.27. The Morgan fingerprint density at radius 1 is 0.714 bits per heavy atom. The topological polar surface area (TPSA) is 267 Å². The third-order valence-corrected chi connectivity index (χ3v) is 15.7. The molecule has 2 fully saturated rings. The Balaban J connectivity index is 1.48. The average Bonchev–Trinajstić information content (AvgIpc) is 3.51. The van der Waals surface area contributed by atoms with E-state index in [1.807, 2.05) is 61.8 Å². The smallest absolute Gasteiger partial charge is 0.306 e. The molecule has 0 spiro atoms. The highest BCUT2D eigenvalue weighted by atomic mass is 32.2. The monoisotopic (exact) mass is 951 g/mol. The summed E-state index contributed by atoms with van der Waals surface area (Å²) in [5, 5.41) is 9.82. The Morgan fingerprint density at radius 2 is 1.14 bits per heavy atom. The molecule has 3 heterocycles. The second kappa shape index (κ2) is 17.6. The lowest BCUT2D eigenvalue weighted by Crippen LogP contribution is -2.36. The van der Waals surface area contributed by atoms with E-state index in [0.29, 0.717) is 79.1 Å². The van der Waals surface area contributed by atoms with Gasteiger partial charge in [0.15, 0.2) is 0 Å². The van der Waals surface area contributed by atoms with Crippen LogP contribution in [0.1, 0.15) is 83.8 Å². The number of hydrogen-bond donors (Lipinski definition) is 4. The summed E-state index contributed by atoms with van der Waals surface area (Å²) in [5.41, 5.74) is 4.65. The van der Waals surface area contributed by atoms with E-state index in [4.69, 9.17) is 0 Å². The van der Waals surface area contributed by atoms with Crippen molar-refractivity contribution in [3.8, 4) is 0 Å². The molecule has 4 N–H and O–H groups in total. The number of nitrogens with zero attached hydrogens (tertiary/aromatic N) is 3. The van der Waals surface area contributed by atoms with E-state index in [2.05, 4.69) is 4.58 Å². The fourth-order valence-electron chi connectivity index (χ4n) is 9.27. The van der Waals surface area contributed by atoms with Gasteiger partial charge in [0, 0.05) is 70.7 Å². The van der Waals surface area contributed by atoms with Crippen LogP contribution in [0.5, 0.6) is 0 Å². The lowest BCUT2D eigenvalue weighted by atomic mass is 9.82. The van der Waals surface area contributed by atoms with Gasteiger partial charge < -0.3 is 19.5 Å². The number of carboxylic acids is 1. The fourth-order valence-corrected chi connectivity index (χ4v) is 11.3. The standard InChI is InChI=1S/C42H53N3O14S4/c1-41(2)33-26-31(62(54,55)56)12-14-35(33)44(20-6-24-60(48,49)50)37(41)16-10-28-8-5-9-29(39(28)43-22-18-30(19-23-43)40(46)47)11-17-38-42(3,4)34-27-32(63(57,58)59)13-15-36(34)45(38)21-7-25-61(51,52)53/h10-17,26-27,30H,5-9,18-25H2,1-4H3,(H4-,46,47,48,49,50,51,52,53,54,55,56,57,58,59). The predicted octanol–water partition coefficient (Wildman–Crippen LogP) is 5.04. The number of piperidine rings is 1. The molecule has 1 aliphatic carbocycles. The van der Waals surface area contributed by atoms with Gasteiger partial charge in [-0.15, -0.1) is 0 Å². The first-order valence-corrected chi connectivity index (χ1v) is 26.5. The van der Waals surface area contributed by atoms with E-state index in [9.17, 15) is 61.8 Å². The summed E-state index contributed by atoms with van der Waals surface area (Å²) in [5.74, 6) is -2.42. The molecule has 1 saturated carbocycles. The zero-order valence-corrected chi connectivity index (χ0v) is 38.7. The average molecular weight is 952 g/mol. The first-order chi connectivity index (χ1) is 29.1. The minimum atomic E-state index is -4.81. The van der Waals surface area contributed by atoms with Gasteiger partial charge in [-0.05, 0) is 91.8 Å². The summed E-state index contributed by atoms with van der Waals surface area (Å²) < 4.78 is 138. The summed E-state index contributed by atoms with van der Waals surface area (Å²) >= 11 is 0. The second-order valence-electron chi connectivity index (χ2n) is 17.4. The molecule has 0 atom stereocenters. The van der Waals surface area contributed by atoms with Crippen LogP contribution in [0.2, 0.25) is 0 Å². The van der Waals surface area contributed by atoms with E-state index in [1.54, 1.807) is 6.07 Å². The van der Waals surface area contributed by atoms with Gasteiger partial charge in [0.25, 0.3) is 30.4 Å². The van der Waals surface area contributed by atoms with Gasteiger partial charge in [-0.2, -0.15) is 25.3 Å². The molecular weight excluding hydrogens is 899 g/mol. The van der Waals surface area contributed by atoms with Crippen molar-refractivity contribution in [3.05, 3.63) is 94.4 Å². The number of fused-ring (bicyclic) bond motifs is 2. The number of rotatable bonds is 13. The highest BCUT2D eigenvalue weighted by Crippen LogP contribution is 2.50. The highest BCUT2D eigenvalue weighted by Gasteiger charge is 2.42. The Morgan fingerprint density at radius 3 is 1.54 bits per heavy atom. The van der Waals surface area contributed by atoms with Crippen molar-refractivity contribution < 1.29 is 66.4 Å². The molecule has 4 aliphatic rings. The summed E-state index contributed by atoms with van der Waals surface area (Å²) in [6.45, 7) is 8.65. The van der Waals surface area contributed by atoms with Gasteiger partial charge in [0.2, 0.25) is 5.71 Å². The van der Waals surface area contributed by atoms with Crippen LogP contribution in [0.4, 0.5) is 11.4 Å². The molecule has 344 valence electrons. The van der Waals surface area contributed by atoms with Crippen LogP contribution in [-0.2, 0) is 56.1 Å². The van der Waals surface area contributed by atoms with Gasteiger partial charge in [-0.25, -0.2) is 13.0 Å². The molecule has 0 amide bonds. The first kappa shape index (κ1) is 48.2. The second-order valence-corrected chi connectivity index (χ2v) is 23.4. The normalized spacial score (nSPS) is 23.0. The number of carboxylic acid groups (broad SMARTS) is 1. The van der Waals surface area contributed by atoms with Crippen LogP contribution in [0.25, 0.3) is 0 Å². The largest absolute Gasteiger partial charge is 0.744 e. The highest BCUT2D eigenvalue weighted by molar-refractivity contribution is 7.86. The number of carbonyl (C=O) groups is 1. The maximum Gasteiger partial charge on any atom is 0.306 e. The minimum absolute atomic E-state index is 0.0332. The molecule has 0 unspecified atom stereocenters. The number of benzene rings is 2. The van der Waals surface area contributed by atoms with Crippen LogP contribution in [-0.4, -0.2) is 111 Å². The maximum atomic E-state index is 12.2. The molecule has 17 nitrogen and oxygen atoms in total. The lowest BCUT2D eigenvalue weighted by Gasteiger charge is -2.28. The molecule has 0 bridgehead atoms. The van der Waals surface area contributed by atoms with Gasteiger partial charge in [-0.3, -0.25) is 18.5 Å². The van der Waals surface area contributed by atoms with Gasteiger partial charge in [-0.1, -0.05) is 39.8 Å². The molecule has 6 rings (SSSR count). The number of hydrogen-bond acceptors (Lipinski definition) is 12. The zero-order valence-electron chi connectivity index (χ0n) is 35.4. The van der Waals surface area contributed by atoms with Crippen molar-refractivity contribution >= 4 is 63.5 Å². The van der Waals surface area contributed by atoms with E-state index in [0.717, 1.165) is 16.9 Å². The number of anilines is 2. The predicted molar refractivity (Wildman–Crippen MR) is 235 cm³/mol. The lowest BCUT2D eigenvalue weighted by molar-refractivity contribution is -0.539. The van der Waals surface area contributed by atoms with Gasteiger partial charge >= 0.3 is 5.97 Å². The van der Waals surface area contributed by atoms with Crippen molar-refractivity contribution in [3.63, 3.8) is 0 Å². The Labute approximate surface area is 369 Å². The third kappa shape index (κ3) is 10.7. The van der Waals surface area contributed by atoms with Crippen molar-refractivity contribution in [2.75, 3.05) is 47.5 Å². The fraction of sp³-hybridized carbons (Fsp3) is 0.476. The van der Waals surface area contributed by atoms with Gasteiger partial charge in [0.1, 0.15) is 23.2 Å². The van der Waals surface area contributed by atoms with Crippen LogP contribution in [0.3, 0.4) is 0 Å². The quantitative estimate of drug-likeness (QED) is 0.151. The summed E-state index contributed by atoms with van der Waals surface area (Å²) in [7, 11) is -17.9.